The van der Waals surface area contributed by atoms with Gasteiger partial charge in [0.2, 0.25) is 5.91 Å². The van der Waals surface area contributed by atoms with E-state index >= 15 is 0 Å². The number of carbonyl (C=O) groups excluding carboxylic acids is 3. The fourth-order valence-electron chi connectivity index (χ4n) is 4.35. The standard InChI is InChI=1S/C24H40N2O5/c1-2-3-4-5-6-7-8-9-10-11-12-14-19(27)17-22(28)25-23(29)18-21-20-15-13-16-26(20)24(30)31-21/h18-20,27H,2-17H2,1H3,(H,25,28,29)/b21-18+/t19-,20+/m0/s1. The van der Waals surface area contributed by atoms with Gasteiger partial charge in [-0.25, -0.2) is 4.79 Å². The molecule has 0 bridgehead atoms. The quantitative estimate of drug-likeness (QED) is 0.289. The third-order valence-electron chi connectivity index (χ3n) is 6.12. The molecule has 176 valence electrons. The molecule has 2 N–H and O–H groups in total. The summed E-state index contributed by atoms with van der Waals surface area (Å²) in [6, 6.07) is -0.194. The van der Waals surface area contributed by atoms with Crippen LogP contribution in [-0.4, -0.2) is 46.6 Å². The van der Waals surface area contributed by atoms with E-state index in [0.29, 0.717) is 18.7 Å². The van der Waals surface area contributed by atoms with Crippen molar-refractivity contribution in [3.8, 4) is 0 Å². The maximum absolute atomic E-state index is 12.0. The number of amides is 3. The summed E-state index contributed by atoms with van der Waals surface area (Å²) in [6.45, 7) is 2.87. The molecule has 0 aromatic rings. The molecule has 2 saturated heterocycles. The number of hydrogen-bond acceptors (Lipinski definition) is 5. The van der Waals surface area contributed by atoms with Gasteiger partial charge >= 0.3 is 6.09 Å². The molecule has 7 nitrogen and oxygen atoms in total. The predicted molar refractivity (Wildman–Crippen MR) is 119 cm³/mol. The van der Waals surface area contributed by atoms with Crippen LogP contribution in [0.1, 0.15) is 103 Å². The Morgan fingerprint density at radius 2 is 1.71 bits per heavy atom. The number of aliphatic hydroxyl groups excluding tert-OH is 1. The SMILES string of the molecule is CCCCCCCCCCCCC[C@H](O)CC(=O)NC(=O)/C=C1/OC(=O)N2CCC[C@H]12. The molecule has 31 heavy (non-hydrogen) atoms. The van der Waals surface area contributed by atoms with E-state index in [1.807, 2.05) is 0 Å². The maximum atomic E-state index is 12.0. The van der Waals surface area contributed by atoms with E-state index in [-0.39, 0.29) is 12.5 Å². The van der Waals surface area contributed by atoms with E-state index in [9.17, 15) is 19.5 Å². The van der Waals surface area contributed by atoms with Crippen molar-refractivity contribution in [1.82, 2.24) is 10.2 Å². The highest BCUT2D eigenvalue weighted by Crippen LogP contribution is 2.31. The molecule has 3 amide bonds. The molecule has 0 radical (unpaired) electrons. The van der Waals surface area contributed by atoms with Gasteiger partial charge < -0.3 is 9.84 Å². The van der Waals surface area contributed by atoms with E-state index < -0.39 is 24.0 Å². The van der Waals surface area contributed by atoms with E-state index in [2.05, 4.69) is 12.2 Å². The van der Waals surface area contributed by atoms with E-state index in [1.54, 1.807) is 4.90 Å². The second-order valence-corrected chi connectivity index (χ2v) is 8.86. The summed E-state index contributed by atoms with van der Waals surface area (Å²) in [5.74, 6) is -0.817. The van der Waals surface area contributed by atoms with Gasteiger partial charge in [-0.2, -0.15) is 0 Å². The fourth-order valence-corrected chi connectivity index (χ4v) is 4.35. The Labute approximate surface area is 186 Å². The van der Waals surface area contributed by atoms with Gasteiger partial charge in [0.25, 0.3) is 5.91 Å². The number of nitrogens with zero attached hydrogens (tertiary/aromatic N) is 1. The molecule has 2 aliphatic rings. The predicted octanol–water partition coefficient (Wildman–Crippen LogP) is 4.58. The van der Waals surface area contributed by atoms with Crippen LogP contribution in [0.2, 0.25) is 0 Å². The zero-order valence-corrected chi connectivity index (χ0v) is 19.1. The summed E-state index contributed by atoms with van der Waals surface area (Å²) < 4.78 is 5.11. The minimum absolute atomic E-state index is 0.0952. The topological polar surface area (TPSA) is 95.9 Å². The maximum Gasteiger partial charge on any atom is 0.415 e. The zero-order chi connectivity index (χ0) is 22.5. The van der Waals surface area contributed by atoms with Crippen molar-refractivity contribution in [2.24, 2.45) is 0 Å². The van der Waals surface area contributed by atoms with Crippen molar-refractivity contribution in [2.45, 2.75) is 115 Å². The third-order valence-corrected chi connectivity index (χ3v) is 6.12. The van der Waals surface area contributed by atoms with Gasteiger partial charge in [-0.05, 0) is 19.3 Å². The van der Waals surface area contributed by atoms with Crippen LogP contribution in [-0.2, 0) is 14.3 Å². The number of unbranched alkanes of at least 4 members (excludes halogenated alkanes) is 10. The van der Waals surface area contributed by atoms with Crippen molar-refractivity contribution in [1.29, 1.82) is 0 Å². The number of rotatable bonds is 15. The molecule has 7 heteroatoms. The molecule has 2 aliphatic heterocycles. The first kappa shape index (κ1) is 25.4. The van der Waals surface area contributed by atoms with Crippen LogP contribution in [0.25, 0.3) is 0 Å². The molecule has 2 heterocycles. The third kappa shape index (κ3) is 9.42. The van der Waals surface area contributed by atoms with Crippen molar-refractivity contribution in [3.05, 3.63) is 11.8 Å². The zero-order valence-electron chi connectivity index (χ0n) is 19.1. The molecule has 0 aromatic carbocycles. The number of nitrogens with one attached hydrogen (secondary N) is 1. The van der Waals surface area contributed by atoms with Gasteiger partial charge in [-0.3, -0.25) is 19.8 Å². The van der Waals surface area contributed by atoms with Gasteiger partial charge in [0.05, 0.1) is 18.6 Å². The molecule has 0 unspecified atom stereocenters. The summed E-state index contributed by atoms with van der Waals surface area (Å²) in [5.41, 5.74) is 0. The highest BCUT2D eigenvalue weighted by molar-refractivity contribution is 6.01. The van der Waals surface area contributed by atoms with Crippen LogP contribution in [0.15, 0.2) is 11.8 Å². The molecule has 0 aliphatic carbocycles. The summed E-state index contributed by atoms with van der Waals surface area (Å²) >= 11 is 0. The first-order chi connectivity index (χ1) is 15.0. The lowest BCUT2D eigenvalue weighted by Crippen LogP contribution is -2.32. The lowest BCUT2D eigenvalue weighted by molar-refractivity contribution is -0.129. The Hall–Kier alpha value is -1.89. The molecule has 0 saturated carbocycles. The van der Waals surface area contributed by atoms with Crippen LogP contribution < -0.4 is 5.32 Å². The Morgan fingerprint density at radius 3 is 2.35 bits per heavy atom. The largest absolute Gasteiger partial charge is 0.415 e. The van der Waals surface area contributed by atoms with Crippen molar-refractivity contribution in [3.63, 3.8) is 0 Å². The molecule has 0 spiro atoms. The highest BCUT2D eigenvalue weighted by Gasteiger charge is 2.41. The summed E-state index contributed by atoms with van der Waals surface area (Å²) in [6.07, 6.45) is 15.7. The number of carbonyl (C=O) groups is 3. The Bertz CT molecular complexity index is 619. The van der Waals surface area contributed by atoms with Crippen LogP contribution in [0, 0.1) is 0 Å². The van der Waals surface area contributed by atoms with Crippen LogP contribution in [0.3, 0.4) is 0 Å². The second-order valence-electron chi connectivity index (χ2n) is 8.86. The Kier molecular flexibility index (Phi) is 11.6. The van der Waals surface area contributed by atoms with Gasteiger partial charge in [0.1, 0.15) is 5.76 Å². The smallest absolute Gasteiger partial charge is 0.412 e. The minimum Gasteiger partial charge on any atom is -0.412 e. The van der Waals surface area contributed by atoms with Gasteiger partial charge in [-0.1, -0.05) is 77.6 Å². The second kappa shape index (κ2) is 14.2. The van der Waals surface area contributed by atoms with Crippen LogP contribution >= 0.6 is 0 Å². The lowest BCUT2D eigenvalue weighted by atomic mass is 10.0. The van der Waals surface area contributed by atoms with Crippen LogP contribution in [0.4, 0.5) is 4.79 Å². The van der Waals surface area contributed by atoms with Crippen LogP contribution in [0.5, 0.6) is 0 Å². The van der Waals surface area contributed by atoms with Gasteiger partial charge in [0, 0.05) is 12.6 Å². The first-order valence-corrected chi connectivity index (χ1v) is 12.2. The van der Waals surface area contributed by atoms with Crippen molar-refractivity contribution >= 4 is 17.9 Å². The average molecular weight is 437 g/mol. The van der Waals surface area contributed by atoms with Gasteiger partial charge in [-0.15, -0.1) is 0 Å². The first-order valence-electron chi connectivity index (χ1n) is 12.2. The number of imide groups is 1. The van der Waals surface area contributed by atoms with Crippen molar-refractivity contribution in [2.75, 3.05) is 6.54 Å². The highest BCUT2D eigenvalue weighted by atomic mass is 16.6. The Morgan fingerprint density at radius 1 is 1.10 bits per heavy atom. The monoisotopic (exact) mass is 436 g/mol. The fraction of sp³-hybridized carbons (Fsp3) is 0.792. The van der Waals surface area contributed by atoms with E-state index in [1.165, 1.54) is 57.4 Å². The average Bonchev–Trinajstić information content (AvgIpc) is 3.31. The molecule has 2 rings (SSSR count). The van der Waals surface area contributed by atoms with Crippen molar-refractivity contribution < 1.29 is 24.2 Å². The summed E-state index contributed by atoms with van der Waals surface area (Å²) in [5, 5.41) is 12.3. The molecule has 2 fully saturated rings. The lowest BCUT2D eigenvalue weighted by Gasteiger charge is -2.10. The molecule has 0 aromatic heterocycles. The molecule has 2 atom stereocenters. The van der Waals surface area contributed by atoms with E-state index in [0.717, 1.165) is 32.1 Å². The summed E-state index contributed by atoms with van der Waals surface area (Å²) in [7, 11) is 0. The number of hydrogen-bond donors (Lipinski definition) is 2. The number of fused-ring (bicyclic) bond motifs is 1. The molecular weight excluding hydrogens is 396 g/mol. The normalized spacial score (nSPS) is 20.1. The molecular formula is C24H40N2O5. The van der Waals surface area contributed by atoms with E-state index in [4.69, 9.17) is 4.74 Å². The number of aliphatic hydroxyl groups is 1. The number of cyclic esters (lactones) is 1. The van der Waals surface area contributed by atoms with Gasteiger partial charge in [0.15, 0.2) is 0 Å². The minimum atomic E-state index is -0.742. The Balaban J connectivity index is 1.50. The summed E-state index contributed by atoms with van der Waals surface area (Å²) in [4.78, 5) is 37.3. The number of ether oxygens (including phenoxy) is 1.